The van der Waals surface area contributed by atoms with Gasteiger partial charge in [0.25, 0.3) is 5.91 Å². The van der Waals surface area contributed by atoms with Crippen molar-refractivity contribution in [3.05, 3.63) is 100 Å². The van der Waals surface area contributed by atoms with Gasteiger partial charge in [-0.05, 0) is 126 Å². The largest absolute Gasteiger partial charge is 0.478 e. The molecule has 0 saturated carbocycles. The SMILES string of the molecule is CSC(C)(C)[C@H](NC(=O)[C@H](C)N(C)C(=O)OC(C)(C)C)C(=O)N1Cc2cc(NC(=O)c3ccc(C(=O)O)cc3)ccc2C[C@H]1C(=O)NC1CCCc2ccccc21. The van der Waals surface area contributed by atoms with Gasteiger partial charge in [-0.25, -0.2) is 9.59 Å². The topological polar surface area (TPSA) is 174 Å². The van der Waals surface area contributed by atoms with Gasteiger partial charge in [0.2, 0.25) is 17.7 Å². The van der Waals surface area contributed by atoms with Gasteiger partial charge in [-0.2, -0.15) is 11.8 Å². The molecule has 5 rings (SSSR count). The van der Waals surface area contributed by atoms with E-state index < -0.39 is 58.3 Å². The summed E-state index contributed by atoms with van der Waals surface area (Å²) in [5, 5.41) is 18.3. The van der Waals surface area contributed by atoms with E-state index in [-0.39, 0.29) is 36.0 Å². The van der Waals surface area contributed by atoms with Crippen LogP contribution in [0.5, 0.6) is 0 Å². The molecule has 1 heterocycles. The fourth-order valence-electron chi connectivity index (χ4n) is 7.01. The Bertz CT molecular complexity index is 2030. The van der Waals surface area contributed by atoms with Crippen molar-refractivity contribution in [1.29, 1.82) is 0 Å². The third kappa shape index (κ3) is 10.1. The molecule has 3 aromatic carbocycles. The van der Waals surface area contributed by atoms with E-state index in [1.807, 2.05) is 44.4 Å². The van der Waals surface area contributed by atoms with E-state index >= 15 is 0 Å². The molecule has 5 amide bonds. The molecule has 4 N–H and O–H groups in total. The molecule has 13 nitrogen and oxygen atoms in total. The Hall–Kier alpha value is -5.37. The Morgan fingerprint density at radius 3 is 2.23 bits per heavy atom. The minimum atomic E-state index is -1.11. The van der Waals surface area contributed by atoms with Gasteiger partial charge in [-0.1, -0.05) is 30.3 Å². The minimum Gasteiger partial charge on any atom is -0.478 e. The average Bonchev–Trinajstić information content (AvgIpc) is 3.17. The predicted octanol–water partition coefficient (Wildman–Crippen LogP) is 5.97. The van der Waals surface area contributed by atoms with E-state index in [4.69, 9.17) is 4.74 Å². The fraction of sp³-hybridized carbons (Fsp3) is 0.442. The average molecular weight is 800 g/mol. The molecule has 0 spiro atoms. The molecule has 4 atom stereocenters. The van der Waals surface area contributed by atoms with Gasteiger partial charge in [-0.3, -0.25) is 24.1 Å². The first kappa shape index (κ1) is 42.8. The van der Waals surface area contributed by atoms with Crippen molar-refractivity contribution >= 4 is 53.1 Å². The zero-order chi connectivity index (χ0) is 41.8. The second-order valence-electron chi connectivity index (χ2n) is 16.2. The van der Waals surface area contributed by atoms with Crippen molar-refractivity contribution in [2.75, 3.05) is 18.6 Å². The van der Waals surface area contributed by atoms with E-state index in [9.17, 15) is 33.9 Å². The lowest BCUT2D eigenvalue weighted by molar-refractivity contribution is -0.145. The van der Waals surface area contributed by atoms with Crippen LogP contribution in [-0.2, 0) is 38.5 Å². The molecule has 57 heavy (non-hydrogen) atoms. The number of amides is 5. The Labute approximate surface area is 338 Å². The van der Waals surface area contributed by atoms with Crippen LogP contribution in [0.4, 0.5) is 10.5 Å². The maximum atomic E-state index is 15.0. The van der Waals surface area contributed by atoms with Crippen LogP contribution >= 0.6 is 11.8 Å². The molecule has 1 aliphatic carbocycles. The van der Waals surface area contributed by atoms with Crippen molar-refractivity contribution in [3.8, 4) is 0 Å². The highest BCUT2D eigenvalue weighted by Gasteiger charge is 2.45. The lowest BCUT2D eigenvalue weighted by atomic mass is 9.87. The van der Waals surface area contributed by atoms with E-state index in [1.165, 1.54) is 58.4 Å². The third-order valence-corrected chi connectivity index (χ3v) is 11.9. The zero-order valence-electron chi connectivity index (χ0n) is 33.8. The number of fused-ring (bicyclic) bond motifs is 2. The molecular weight excluding hydrogens is 747 g/mol. The zero-order valence-corrected chi connectivity index (χ0v) is 34.6. The van der Waals surface area contributed by atoms with Crippen LogP contribution in [0.2, 0.25) is 0 Å². The first-order valence-corrected chi connectivity index (χ1v) is 20.3. The summed E-state index contributed by atoms with van der Waals surface area (Å²) in [4.78, 5) is 83.3. The highest BCUT2D eigenvalue weighted by Crippen LogP contribution is 2.34. The van der Waals surface area contributed by atoms with Gasteiger partial charge in [0, 0.05) is 36.0 Å². The van der Waals surface area contributed by atoms with Gasteiger partial charge in [-0.15, -0.1) is 0 Å². The Balaban J connectivity index is 1.46. The lowest BCUT2D eigenvalue weighted by Crippen LogP contribution is -2.63. The van der Waals surface area contributed by atoms with Crippen LogP contribution < -0.4 is 16.0 Å². The van der Waals surface area contributed by atoms with Gasteiger partial charge in [0.1, 0.15) is 23.7 Å². The summed E-state index contributed by atoms with van der Waals surface area (Å²) >= 11 is 1.38. The molecule has 2 aliphatic rings. The number of hydrogen-bond donors (Lipinski definition) is 4. The summed E-state index contributed by atoms with van der Waals surface area (Å²) in [5.41, 5.74) is 3.75. The lowest BCUT2D eigenvalue weighted by Gasteiger charge is -2.42. The maximum Gasteiger partial charge on any atom is 0.410 e. The number of ether oxygens (including phenoxy) is 1. The summed E-state index contributed by atoms with van der Waals surface area (Å²) < 4.78 is 4.62. The standard InChI is InChI=1S/C43H53N5O8S/c1-25(47(7)41(55)56-42(2,3)4)36(49)46-35(43(5,6)57-8)39(52)48-24-30-22-31(44-37(50)27-16-18-28(19-17-27)40(53)54)21-20-29(30)23-34(48)38(51)45-33-15-11-13-26-12-9-10-14-32(26)33/h9-10,12,14,16-22,25,33-35H,11,13,15,23-24H2,1-8H3,(H,44,50)(H,45,51)(H,46,49)(H,53,54)/t25-,33?,34-,35+/m0/s1. The normalized spacial score (nSPS) is 17.5. The number of carboxylic acids is 1. The number of anilines is 1. The molecule has 3 aromatic rings. The maximum absolute atomic E-state index is 15.0. The number of thioether (sulfide) groups is 1. The number of likely N-dealkylation sites (N-methyl/N-ethyl adjacent to an activating group) is 1. The number of aryl methyl sites for hydroxylation is 1. The van der Waals surface area contributed by atoms with Crippen LogP contribution in [0, 0.1) is 0 Å². The number of carbonyl (C=O) groups excluding carboxylic acids is 5. The van der Waals surface area contributed by atoms with E-state index in [0.29, 0.717) is 11.3 Å². The van der Waals surface area contributed by atoms with E-state index in [0.717, 1.165) is 30.4 Å². The smallest absolute Gasteiger partial charge is 0.410 e. The number of nitrogens with one attached hydrogen (secondary N) is 3. The Morgan fingerprint density at radius 2 is 1.58 bits per heavy atom. The van der Waals surface area contributed by atoms with E-state index in [1.54, 1.807) is 39.8 Å². The van der Waals surface area contributed by atoms with Crippen LogP contribution in [0.1, 0.15) is 103 Å². The summed E-state index contributed by atoms with van der Waals surface area (Å²) in [7, 11) is 1.46. The highest BCUT2D eigenvalue weighted by molar-refractivity contribution is 8.00. The molecule has 14 heteroatoms. The quantitative estimate of drug-likeness (QED) is 0.182. The second-order valence-corrected chi connectivity index (χ2v) is 17.6. The molecule has 304 valence electrons. The Morgan fingerprint density at radius 1 is 0.912 bits per heavy atom. The number of aromatic carboxylic acids is 1. The second kappa shape index (κ2) is 17.4. The summed E-state index contributed by atoms with van der Waals surface area (Å²) in [6.45, 7) is 10.4. The van der Waals surface area contributed by atoms with Gasteiger partial charge >= 0.3 is 12.1 Å². The number of carbonyl (C=O) groups is 6. The number of benzene rings is 3. The number of hydrogen-bond acceptors (Lipinski definition) is 8. The first-order valence-electron chi connectivity index (χ1n) is 19.1. The molecular formula is C43H53N5O8S. The predicted molar refractivity (Wildman–Crippen MR) is 219 cm³/mol. The summed E-state index contributed by atoms with van der Waals surface area (Å²) in [6.07, 6.45) is 3.91. The van der Waals surface area contributed by atoms with Crippen molar-refractivity contribution in [2.45, 2.75) is 108 Å². The van der Waals surface area contributed by atoms with Crippen LogP contribution in [-0.4, -0.2) is 92.4 Å². The monoisotopic (exact) mass is 799 g/mol. The number of carboxylic acid groups (broad SMARTS) is 1. The number of rotatable bonds is 11. The Kier molecular flexibility index (Phi) is 13.1. The minimum absolute atomic E-state index is 0.00865. The molecule has 0 radical (unpaired) electrons. The summed E-state index contributed by atoms with van der Waals surface area (Å²) in [5.74, 6) is -2.91. The van der Waals surface area contributed by atoms with Gasteiger partial charge in [0.05, 0.1) is 11.6 Å². The molecule has 1 aliphatic heterocycles. The molecule has 0 aromatic heterocycles. The van der Waals surface area contributed by atoms with Crippen LogP contribution in [0.15, 0.2) is 66.7 Å². The van der Waals surface area contributed by atoms with Gasteiger partial charge in [0.15, 0.2) is 0 Å². The van der Waals surface area contributed by atoms with E-state index in [2.05, 4.69) is 22.0 Å². The van der Waals surface area contributed by atoms with Gasteiger partial charge < -0.3 is 30.7 Å². The molecule has 0 saturated heterocycles. The molecule has 1 unspecified atom stereocenters. The van der Waals surface area contributed by atoms with Crippen molar-refractivity contribution in [1.82, 2.24) is 20.4 Å². The van der Waals surface area contributed by atoms with Crippen LogP contribution in [0.3, 0.4) is 0 Å². The van der Waals surface area contributed by atoms with Crippen LogP contribution in [0.25, 0.3) is 0 Å². The van der Waals surface area contributed by atoms with Crippen molar-refractivity contribution in [2.24, 2.45) is 0 Å². The van der Waals surface area contributed by atoms with Crippen molar-refractivity contribution < 1.29 is 38.6 Å². The molecule has 0 bridgehead atoms. The van der Waals surface area contributed by atoms with Crippen molar-refractivity contribution in [3.63, 3.8) is 0 Å². The fourth-order valence-corrected chi connectivity index (χ4v) is 7.41. The summed E-state index contributed by atoms with van der Waals surface area (Å²) in [6, 6.07) is 15.7. The molecule has 0 fully saturated rings. The first-order chi connectivity index (χ1) is 26.8. The highest BCUT2D eigenvalue weighted by atomic mass is 32.2. The number of nitrogens with zero attached hydrogens (tertiary/aromatic N) is 2. The third-order valence-electron chi connectivity index (χ3n) is 10.7.